The van der Waals surface area contributed by atoms with Gasteiger partial charge >= 0.3 is 12.3 Å². The summed E-state index contributed by atoms with van der Waals surface area (Å²) in [6.07, 6.45) is -6.63. The number of nitrogens with zero attached hydrogens (tertiary/aromatic N) is 4. The molecular formula is C27H27F3N6O4. The highest BCUT2D eigenvalue weighted by Crippen LogP contribution is 2.37. The molecule has 0 radical (unpaired) electrons. The zero-order chi connectivity index (χ0) is 27.9. The summed E-state index contributed by atoms with van der Waals surface area (Å²) in [6.45, 7) is 4.92. The molecular weight excluding hydrogens is 529 g/mol. The Hall–Kier alpha value is -3.97. The number of ether oxygens (including phenoxy) is 3. The predicted molar refractivity (Wildman–Crippen MR) is 138 cm³/mol. The Kier molecular flexibility index (Phi) is 6.70. The molecule has 0 saturated carbocycles. The van der Waals surface area contributed by atoms with Crippen LogP contribution in [0.5, 0.6) is 5.75 Å². The van der Waals surface area contributed by atoms with Crippen LogP contribution in [0.1, 0.15) is 25.0 Å². The molecule has 2 saturated heterocycles. The van der Waals surface area contributed by atoms with Gasteiger partial charge in [0.15, 0.2) is 11.5 Å². The number of rotatable bonds is 7. The Balaban J connectivity index is 1.31. The van der Waals surface area contributed by atoms with Crippen molar-refractivity contribution >= 4 is 22.6 Å². The maximum atomic E-state index is 14.0. The summed E-state index contributed by atoms with van der Waals surface area (Å²) < 4.78 is 59.8. The lowest BCUT2D eigenvalue weighted by Crippen LogP contribution is -2.44. The van der Waals surface area contributed by atoms with E-state index in [0.717, 1.165) is 5.39 Å². The van der Waals surface area contributed by atoms with Crippen LogP contribution in [-0.4, -0.2) is 70.8 Å². The number of aromatic nitrogens is 4. The topological polar surface area (TPSA) is 112 Å². The van der Waals surface area contributed by atoms with Crippen molar-refractivity contribution < 1.29 is 32.2 Å². The molecule has 1 aromatic carbocycles. The van der Waals surface area contributed by atoms with Gasteiger partial charge in [-0.2, -0.15) is 13.2 Å². The summed E-state index contributed by atoms with van der Waals surface area (Å²) in [5.74, 6) is 0.811. The minimum atomic E-state index is -4.84. The number of carbonyl (C=O) groups excluding carboxylic acids is 1. The van der Waals surface area contributed by atoms with Gasteiger partial charge in [-0.05, 0) is 37.2 Å². The van der Waals surface area contributed by atoms with Gasteiger partial charge in [0.25, 0.3) is 0 Å². The smallest absolute Gasteiger partial charge is 0.429 e. The molecule has 1 unspecified atom stereocenters. The fraction of sp³-hybridized carbons (Fsp3) is 0.407. The van der Waals surface area contributed by atoms with Crippen LogP contribution < -0.4 is 15.4 Å². The molecule has 13 heteroatoms. The lowest BCUT2D eigenvalue weighted by Gasteiger charge is -2.37. The second kappa shape index (κ2) is 10.2. The van der Waals surface area contributed by atoms with Crippen LogP contribution in [0.15, 0.2) is 48.7 Å². The van der Waals surface area contributed by atoms with Crippen molar-refractivity contribution in [2.24, 2.45) is 5.41 Å². The first kappa shape index (κ1) is 26.3. The zero-order valence-corrected chi connectivity index (χ0v) is 21.6. The molecule has 6 rings (SSSR count). The molecule has 210 valence electrons. The van der Waals surface area contributed by atoms with Gasteiger partial charge in [0.2, 0.25) is 6.10 Å². The molecule has 2 aliphatic rings. The lowest BCUT2D eigenvalue weighted by molar-refractivity contribution is -0.206. The van der Waals surface area contributed by atoms with Crippen LogP contribution in [0, 0.1) is 5.41 Å². The van der Waals surface area contributed by atoms with E-state index >= 15 is 0 Å². The molecule has 0 spiro atoms. The number of benzene rings is 1. The van der Waals surface area contributed by atoms with Crippen molar-refractivity contribution in [3.05, 3.63) is 54.2 Å². The Bertz CT molecular complexity index is 1550. The third-order valence-corrected chi connectivity index (χ3v) is 7.02. The van der Waals surface area contributed by atoms with Gasteiger partial charge < -0.3 is 24.8 Å². The number of hydrogen-bond donors (Lipinski definition) is 2. The van der Waals surface area contributed by atoms with Crippen LogP contribution in [0.2, 0.25) is 0 Å². The van der Waals surface area contributed by atoms with E-state index in [1.165, 1.54) is 22.7 Å². The van der Waals surface area contributed by atoms with Crippen LogP contribution in [0.25, 0.3) is 28.1 Å². The van der Waals surface area contributed by atoms with Crippen molar-refractivity contribution in [1.82, 2.24) is 30.2 Å². The van der Waals surface area contributed by atoms with Crippen molar-refractivity contribution in [3.8, 4) is 17.3 Å². The third-order valence-electron chi connectivity index (χ3n) is 7.02. The standard InChI is InChI=1S/C27H27F3N6O4/c1-26(13-38-14-26)15-39-20-4-2-3-16-5-7-19(33-22(16)20)24-35-34-21-8-6-17(12-36(21)24)23(27(28,29)30)40-25(37)32-18-9-10-31-11-18/h2-8,12,18,23,31H,9-11,13-15H2,1H3,(H,32,37)/t18?,23-/m1/s1. The number of carbonyl (C=O) groups is 1. The van der Waals surface area contributed by atoms with Gasteiger partial charge in [-0.1, -0.05) is 25.1 Å². The van der Waals surface area contributed by atoms with Crippen LogP contribution >= 0.6 is 0 Å². The first-order chi connectivity index (χ1) is 19.2. The summed E-state index contributed by atoms with van der Waals surface area (Å²) >= 11 is 0. The van der Waals surface area contributed by atoms with E-state index in [9.17, 15) is 18.0 Å². The van der Waals surface area contributed by atoms with E-state index in [1.807, 2.05) is 24.3 Å². The third kappa shape index (κ3) is 5.26. The van der Waals surface area contributed by atoms with E-state index in [4.69, 9.17) is 19.2 Å². The lowest BCUT2D eigenvalue weighted by atomic mass is 9.90. The Labute approximate surface area is 226 Å². The predicted octanol–water partition coefficient (Wildman–Crippen LogP) is 4.05. The first-order valence-corrected chi connectivity index (χ1v) is 12.9. The molecule has 2 aliphatic heterocycles. The normalized spacial score (nSPS) is 19.4. The van der Waals surface area contributed by atoms with Crippen LogP contribution in [0.4, 0.5) is 18.0 Å². The number of amides is 1. The van der Waals surface area contributed by atoms with Gasteiger partial charge in [-0.25, -0.2) is 9.78 Å². The molecule has 2 atom stereocenters. The van der Waals surface area contributed by atoms with Gasteiger partial charge in [0.1, 0.15) is 17.0 Å². The van der Waals surface area contributed by atoms with Crippen molar-refractivity contribution in [2.75, 3.05) is 32.9 Å². The molecule has 0 bridgehead atoms. The zero-order valence-electron chi connectivity index (χ0n) is 21.6. The van der Waals surface area contributed by atoms with Crippen molar-refractivity contribution in [1.29, 1.82) is 0 Å². The fourth-order valence-corrected chi connectivity index (χ4v) is 4.79. The maximum Gasteiger partial charge on any atom is 0.429 e. The number of alkyl halides is 3. The average Bonchev–Trinajstić information content (AvgIpc) is 3.58. The molecule has 5 heterocycles. The maximum absolute atomic E-state index is 14.0. The van der Waals surface area contributed by atoms with E-state index < -0.39 is 18.4 Å². The van der Waals surface area contributed by atoms with E-state index in [-0.39, 0.29) is 22.8 Å². The molecule has 3 aromatic heterocycles. The average molecular weight is 557 g/mol. The van der Waals surface area contributed by atoms with Gasteiger partial charge in [0.05, 0.1) is 19.8 Å². The number of fused-ring (bicyclic) bond motifs is 2. The van der Waals surface area contributed by atoms with Gasteiger partial charge in [0, 0.05) is 35.1 Å². The second-order valence-electron chi connectivity index (χ2n) is 10.5. The monoisotopic (exact) mass is 556 g/mol. The molecule has 1 amide bonds. The first-order valence-electron chi connectivity index (χ1n) is 12.9. The van der Waals surface area contributed by atoms with Gasteiger partial charge in [-0.15, -0.1) is 10.2 Å². The van der Waals surface area contributed by atoms with Crippen molar-refractivity contribution in [2.45, 2.75) is 31.7 Å². The molecule has 2 N–H and O–H groups in total. The van der Waals surface area contributed by atoms with E-state index in [1.54, 1.807) is 6.07 Å². The number of alkyl carbamates (subject to hydrolysis) is 1. The molecule has 0 aliphatic carbocycles. The van der Waals surface area contributed by atoms with Gasteiger partial charge in [-0.3, -0.25) is 4.40 Å². The summed E-state index contributed by atoms with van der Waals surface area (Å²) in [6, 6.07) is 11.5. The number of nitrogens with one attached hydrogen (secondary N) is 2. The summed E-state index contributed by atoms with van der Waals surface area (Å²) in [4.78, 5) is 17.0. The van der Waals surface area contributed by atoms with Crippen molar-refractivity contribution in [3.63, 3.8) is 0 Å². The highest BCUT2D eigenvalue weighted by Gasteiger charge is 2.45. The highest BCUT2D eigenvalue weighted by atomic mass is 19.4. The number of hydrogen-bond acceptors (Lipinski definition) is 8. The fourth-order valence-electron chi connectivity index (χ4n) is 4.79. The Morgan fingerprint density at radius 2 is 2.08 bits per heavy atom. The molecule has 10 nitrogen and oxygen atoms in total. The number of pyridine rings is 2. The second-order valence-corrected chi connectivity index (χ2v) is 10.5. The Morgan fingerprint density at radius 3 is 2.80 bits per heavy atom. The quantitative estimate of drug-likeness (QED) is 0.351. The Morgan fingerprint density at radius 1 is 1.23 bits per heavy atom. The van der Waals surface area contributed by atoms with Crippen LogP contribution in [0.3, 0.4) is 0 Å². The molecule has 4 aromatic rings. The largest absolute Gasteiger partial charge is 0.491 e. The van der Waals surface area contributed by atoms with E-state index in [0.29, 0.717) is 61.9 Å². The number of halogens is 3. The molecule has 2 fully saturated rings. The summed E-state index contributed by atoms with van der Waals surface area (Å²) in [5, 5.41) is 14.6. The minimum Gasteiger partial charge on any atom is -0.491 e. The van der Waals surface area contributed by atoms with Crippen LogP contribution in [-0.2, 0) is 9.47 Å². The summed E-state index contributed by atoms with van der Waals surface area (Å²) in [5.41, 5.74) is 0.946. The molecule has 40 heavy (non-hydrogen) atoms. The SMILES string of the molecule is CC1(COc2cccc3ccc(-c4nnc5ccc([C@@H](OC(=O)NC6CCNC6)C(F)(F)F)cn45)nc23)COC1. The van der Waals surface area contributed by atoms with E-state index in [2.05, 4.69) is 27.8 Å². The highest BCUT2D eigenvalue weighted by molar-refractivity contribution is 5.86. The number of para-hydroxylation sites is 1. The minimum absolute atomic E-state index is 0.0681. The summed E-state index contributed by atoms with van der Waals surface area (Å²) in [7, 11) is 0.